The molecule has 26 heavy (non-hydrogen) atoms. The van der Waals surface area contributed by atoms with Crippen LogP contribution in [0.3, 0.4) is 0 Å². The molecule has 0 spiro atoms. The van der Waals surface area contributed by atoms with Gasteiger partial charge in [0.1, 0.15) is 0 Å². The molecule has 0 aliphatic rings. The molecule has 0 radical (unpaired) electrons. The van der Waals surface area contributed by atoms with Gasteiger partial charge in [0.25, 0.3) is 0 Å². The summed E-state index contributed by atoms with van der Waals surface area (Å²) < 4.78 is 1.51. The second-order valence-corrected chi connectivity index (χ2v) is 6.16. The Morgan fingerprint density at radius 3 is 1.19 bits per heavy atom. The van der Waals surface area contributed by atoms with E-state index in [1.54, 1.807) is 24.3 Å². The van der Waals surface area contributed by atoms with Crippen molar-refractivity contribution in [2.75, 3.05) is 38.0 Å². The Kier molecular flexibility index (Phi) is 6.38. The molecule has 6 nitrogen and oxygen atoms in total. The molecule has 0 aromatic heterocycles. The highest BCUT2D eigenvalue weighted by molar-refractivity contribution is 5.78. The SMILES string of the molecule is CN(C)c1ccc(/[N+]([O-])=C/C=C/C=[N+](/[O-])c2ccc(N(C)C)cc2)cc1. The Hall–Kier alpha value is -3.28. The Bertz CT molecular complexity index is 735. The fourth-order valence-corrected chi connectivity index (χ4v) is 2.22. The number of nitrogens with zero attached hydrogens (tertiary/aromatic N) is 4. The van der Waals surface area contributed by atoms with Gasteiger partial charge >= 0.3 is 0 Å². The third-order valence-electron chi connectivity index (χ3n) is 3.80. The van der Waals surface area contributed by atoms with Crippen LogP contribution in [0.2, 0.25) is 0 Å². The Balaban J connectivity index is 2.03. The number of rotatable bonds is 6. The molecule has 0 unspecified atom stereocenters. The summed E-state index contributed by atoms with van der Waals surface area (Å²) in [4.78, 5) is 3.93. The fourth-order valence-electron chi connectivity index (χ4n) is 2.22. The van der Waals surface area contributed by atoms with Crippen molar-refractivity contribution in [3.8, 4) is 0 Å². The molecule has 0 bridgehead atoms. The monoisotopic (exact) mass is 352 g/mol. The molecule has 2 aromatic carbocycles. The smallest absolute Gasteiger partial charge is 0.216 e. The normalized spacial score (nSPS) is 12.5. The lowest BCUT2D eigenvalue weighted by atomic mass is 10.2. The van der Waals surface area contributed by atoms with Crippen molar-refractivity contribution in [3.63, 3.8) is 0 Å². The Morgan fingerprint density at radius 2 is 0.923 bits per heavy atom. The summed E-state index contributed by atoms with van der Waals surface area (Å²) in [7, 11) is 7.77. The first-order chi connectivity index (χ1) is 12.4. The van der Waals surface area contributed by atoms with Gasteiger partial charge in [0.15, 0.2) is 12.4 Å². The van der Waals surface area contributed by atoms with Gasteiger partial charge < -0.3 is 20.2 Å². The van der Waals surface area contributed by atoms with Gasteiger partial charge in [-0.25, -0.2) is 0 Å². The topological polar surface area (TPSA) is 58.6 Å². The van der Waals surface area contributed by atoms with Crippen molar-refractivity contribution in [1.82, 2.24) is 0 Å². The molecule has 136 valence electrons. The first-order valence-electron chi connectivity index (χ1n) is 8.21. The van der Waals surface area contributed by atoms with Crippen molar-refractivity contribution in [2.45, 2.75) is 0 Å². The molecule has 0 aliphatic heterocycles. The predicted octanol–water partition coefficient (Wildman–Crippen LogP) is 3.50. The minimum Gasteiger partial charge on any atom is -0.618 e. The van der Waals surface area contributed by atoms with Crippen LogP contribution in [-0.4, -0.2) is 50.1 Å². The molecule has 6 heteroatoms. The lowest BCUT2D eigenvalue weighted by molar-refractivity contribution is -0.355. The molecule has 0 aliphatic carbocycles. The summed E-state index contributed by atoms with van der Waals surface area (Å²) in [6, 6.07) is 14.5. The van der Waals surface area contributed by atoms with E-state index in [4.69, 9.17) is 0 Å². The molecule has 0 amide bonds. The van der Waals surface area contributed by atoms with Gasteiger partial charge in [-0.2, -0.15) is 9.48 Å². The summed E-state index contributed by atoms with van der Waals surface area (Å²) >= 11 is 0. The van der Waals surface area contributed by atoms with E-state index in [0.29, 0.717) is 11.4 Å². The van der Waals surface area contributed by atoms with Crippen molar-refractivity contribution in [3.05, 3.63) is 71.1 Å². The third kappa shape index (κ3) is 5.11. The van der Waals surface area contributed by atoms with Crippen LogP contribution >= 0.6 is 0 Å². The first-order valence-corrected chi connectivity index (χ1v) is 8.21. The minimum atomic E-state index is 0.526. The maximum absolute atomic E-state index is 12.0. The zero-order valence-corrected chi connectivity index (χ0v) is 15.5. The number of benzene rings is 2. The lowest BCUT2D eigenvalue weighted by Crippen LogP contribution is -2.08. The molecule has 0 saturated heterocycles. The Labute approximate surface area is 154 Å². The first kappa shape index (κ1) is 19.1. The van der Waals surface area contributed by atoms with E-state index in [0.717, 1.165) is 20.9 Å². The number of anilines is 2. The van der Waals surface area contributed by atoms with E-state index in [9.17, 15) is 10.4 Å². The van der Waals surface area contributed by atoms with Gasteiger partial charge in [0.05, 0.1) is 0 Å². The summed E-state index contributed by atoms with van der Waals surface area (Å²) in [6.45, 7) is 0. The summed E-state index contributed by atoms with van der Waals surface area (Å²) in [6.07, 6.45) is 5.80. The van der Waals surface area contributed by atoms with Crippen LogP contribution in [0.5, 0.6) is 0 Å². The minimum absolute atomic E-state index is 0.526. The van der Waals surface area contributed by atoms with Crippen LogP contribution in [0.15, 0.2) is 60.7 Å². The molecular formula is C20H24N4O2. The third-order valence-corrected chi connectivity index (χ3v) is 3.80. The van der Waals surface area contributed by atoms with Gasteiger partial charge in [-0.15, -0.1) is 0 Å². The fraction of sp³-hybridized carbons (Fsp3) is 0.200. The highest BCUT2D eigenvalue weighted by Gasteiger charge is 2.02. The zero-order valence-electron chi connectivity index (χ0n) is 15.5. The molecule has 0 heterocycles. The number of hydrogen-bond donors (Lipinski definition) is 0. The van der Waals surface area contributed by atoms with Crippen LogP contribution in [0, 0.1) is 10.4 Å². The second kappa shape index (κ2) is 8.71. The summed E-state index contributed by atoms with van der Waals surface area (Å²) in [5.41, 5.74) is 3.10. The van der Waals surface area contributed by atoms with Crippen LogP contribution < -0.4 is 9.80 Å². The molecule has 0 atom stereocenters. The van der Waals surface area contributed by atoms with E-state index in [1.165, 1.54) is 24.6 Å². The second-order valence-electron chi connectivity index (χ2n) is 6.16. The van der Waals surface area contributed by atoms with E-state index in [2.05, 4.69) is 0 Å². The van der Waals surface area contributed by atoms with Gasteiger partial charge in [0, 0.05) is 76.0 Å². The average molecular weight is 352 g/mol. The standard InChI is InChI=1S/C20H24N4O2/c1-21(2)17-7-11-19(12-8-17)23(25)15-5-6-16-24(26)20-13-9-18(10-14-20)22(3)4/h5-16H,1-4H3/b6-5+,23-15-,24-16+. The molecular weight excluding hydrogens is 328 g/mol. The highest BCUT2D eigenvalue weighted by Crippen LogP contribution is 2.18. The average Bonchev–Trinajstić information content (AvgIpc) is 2.65. The molecule has 0 N–H and O–H groups in total. The summed E-state index contributed by atoms with van der Waals surface area (Å²) in [5.74, 6) is 0. The maximum Gasteiger partial charge on any atom is 0.216 e. The van der Waals surface area contributed by atoms with Crippen LogP contribution in [0.25, 0.3) is 0 Å². The van der Waals surface area contributed by atoms with Crippen molar-refractivity contribution < 1.29 is 9.48 Å². The maximum atomic E-state index is 12.0. The van der Waals surface area contributed by atoms with Gasteiger partial charge in [-0.1, -0.05) is 0 Å². The summed E-state index contributed by atoms with van der Waals surface area (Å²) in [5, 5.41) is 24.1. The zero-order chi connectivity index (χ0) is 19.1. The Morgan fingerprint density at radius 1 is 0.615 bits per heavy atom. The predicted molar refractivity (Wildman–Crippen MR) is 109 cm³/mol. The molecule has 0 saturated carbocycles. The van der Waals surface area contributed by atoms with Crippen molar-refractivity contribution >= 4 is 35.2 Å². The van der Waals surface area contributed by atoms with Crippen LogP contribution in [-0.2, 0) is 0 Å². The van der Waals surface area contributed by atoms with Crippen molar-refractivity contribution in [2.24, 2.45) is 0 Å². The lowest BCUT2D eigenvalue weighted by Gasteiger charge is -2.12. The number of hydrogen-bond acceptors (Lipinski definition) is 4. The van der Waals surface area contributed by atoms with Crippen LogP contribution in [0.1, 0.15) is 0 Å². The molecule has 2 rings (SSSR count). The largest absolute Gasteiger partial charge is 0.618 e. The van der Waals surface area contributed by atoms with E-state index < -0.39 is 0 Å². The van der Waals surface area contributed by atoms with E-state index in [1.807, 2.05) is 62.3 Å². The highest BCUT2D eigenvalue weighted by atomic mass is 16.5. The van der Waals surface area contributed by atoms with E-state index >= 15 is 0 Å². The van der Waals surface area contributed by atoms with Gasteiger partial charge in [0.2, 0.25) is 11.4 Å². The molecule has 0 fully saturated rings. The quantitative estimate of drug-likeness (QED) is 0.345. The van der Waals surface area contributed by atoms with Crippen LogP contribution in [0.4, 0.5) is 22.7 Å². The molecule has 2 aromatic rings. The van der Waals surface area contributed by atoms with Gasteiger partial charge in [-0.3, -0.25) is 0 Å². The van der Waals surface area contributed by atoms with E-state index in [-0.39, 0.29) is 0 Å². The van der Waals surface area contributed by atoms with Gasteiger partial charge in [-0.05, 0) is 24.3 Å². The number of allylic oxidation sites excluding steroid dienone is 2. The van der Waals surface area contributed by atoms with Crippen molar-refractivity contribution in [1.29, 1.82) is 0 Å².